The molecule has 0 spiro atoms. The minimum Gasteiger partial charge on any atom is -0.396 e. The van der Waals surface area contributed by atoms with E-state index in [1.807, 2.05) is 0 Å². The van der Waals surface area contributed by atoms with Crippen LogP contribution in [0.1, 0.15) is 33.6 Å². The Morgan fingerprint density at radius 2 is 1.92 bits per heavy atom. The zero-order valence-corrected chi connectivity index (χ0v) is 8.88. The van der Waals surface area contributed by atoms with Gasteiger partial charge in [-0.05, 0) is 37.0 Å². The van der Waals surface area contributed by atoms with Crippen LogP contribution < -0.4 is 5.73 Å². The van der Waals surface area contributed by atoms with Gasteiger partial charge in [-0.1, -0.05) is 13.8 Å². The highest BCUT2D eigenvalue weighted by Crippen LogP contribution is 2.63. The molecule has 0 heterocycles. The summed E-state index contributed by atoms with van der Waals surface area (Å²) in [6.07, 6.45) is 2.39. The Morgan fingerprint density at radius 3 is 2.31 bits per heavy atom. The highest BCUT2D eigenvalue weighted by Gasteiger charge is 2.61. The van der Waals surface area contributed by atoms with E-state index in [4.69, 9.17) is 5.73 Å². The number of nitrogens with two attached hydrogens (primary N) is 1. The highest BCUT2D eigenvalue weighted by molar-refractivity contribution is 5.13. The van der Waals surface area contributed by atoms with E-state index >= 15 is 0 Å². The van der Waals surface area contributed by atoms with Crippen molar-refractivity contribution in [2.75, 3.05) is 6.61 Å². The molecule has 13 heavy (non-hydrogen) atoms. The second-order valence-electron chi connectivity index (χ2n) is 5.79. The molecule has 3 fully saturated rings. The molecule has 76 valence electrons. The first-order chi connectivity index (χ1) is 5.90. The molecule has 0 aromatic heterocycles. The zero-order valence-electron chi connectivity index (χ0n) is 8.88. The van der Waals surface area contributed by atoms with Crippen LogP contribution in [-0.2, 0) is 0 Å². The lowest BCUT2D eigenvalue weighted by Gasteiger charge is -2.66. The Bertz CT molecular complexity index is 222. The summed E-state index contributed by atoms with van der Waals surface area (Å²) in [5.74, 6) is 1.73. The van der Waals surface area contributed by atoms with Gasteiger partial charge in [0.25, 0.3) is 0 Å². The van der Waals surface area contributed by atoms with Crippen molar-refractivity contribution in [1.29, 1.82) is 0 Å². The van der Waals surface area contributed by atoms with E-state index in [0.717, 1.165) is 12.3 Å². The van der Waals surface area contributed by atoms with Gasteiger partial charge in [0.1, 0.15) is 0 Å². The quantitative estimate of drug-likeness (QED) is 0.645. The predicted molar refractivity (Wildman–Crippen MR) is 53.2 cm³/mol. The third kappa shape index (κ3) is 1.02. The Balaban J connectivity index is 2.23. The summed E-state index contributed by atoms with van der Waals surface area (Å²) >= 11 is 0. The van der Waals surface area contributed by atoms with Crippen LogP contribution in [0.15, 0.2) is 0 Å². The van der Waals surface area contributed by atoms with Gasteiger partial charge in [0.2, 0.25) is 0 Å². The Morgan fingerprint density at radius 1 is 1.31 bits per heavy atom. The summed E-state index contributed by atoms with van der Waals surface area (Å²) < 4.78 is 0. The van der Waals surface area contributed by atoms with Gasteiger partial charge in [0.15, 0.2) is 0 Å². The predicted octanol–water partition coefficient (Wildman–Crippen LogP) is 1.38. The van der Waals surface area contributed by atoms with E-state index in [2.05, 4.69) is 20.8 Å². The molecule has 0 aromatic carbocycles. The second kappa shape index (κ2) is 2.48. The van der Waals surface area contributed by atoms with E-state index in [9.17, 15) is 5.11 Å². The van der Waals surface area contributed by atoms with E-state index in [-0.39, 0.29) is 12.1 Å². The van der Waals surface area contributed by atoms with Crippen molar-refractivity contribution in [3.05, 3.63) is 0 Å². The van der Waals surface area contributed by atoms with Gasteiger partial charge in [0, 0.05) is 18.1 Å². The standard InChI is InChI=1S/C11H21NO/c1-10(2)7-4-8(6-13)11(3,12)9(10)5-7/h7-9,13H,4-6,12H2,1-3H3/t7-,8+,9+,11-/m1/s1. The van der Waals surface area contributed by atoms with Gasteiger partial charge >= 0.3 is 0 Å². The molecule has 3 rings (SSSR count). The number of rotatable bonds is 1. The Kier molecular flexibility index (Phi) is 1.81. The summed E-state index contributed by atoms with van der Waals surface area (Å²) in [5, 5.41) is 9.26. The van der Waals surface area contributed by atoms with Crippen molar-refractivity contribution in [3.63, 3.8) is 0 Å². The molecule has 3 saturated carbocycles. The van der Waals surface area contributed by atoms with Crippen molar-refractivity contribution in [2.45, 2.75) is 39.2 Å². The van der Waals surface area contributed by atoms with Gasteiger partial charge in [0.05, 0.1) is 0 Å². The Labute approximate surface area is 80.5 Å². The minimum atomic E-state index is -0.146. The van der Waals surface area contributed by atoms with Crippen LogP contribution in [-0.4, -0.2) is 17.3 Å². The maximum absolute atomic E-state index is 9.26. The smallest absolute Gasteiger partial charge is 0.0476 e. The molecule has 4 atom stereocenters. The lowest BCUT2D eigenvalue weighted by Crippen LogP contribution is -2.68. The van der Waals surface area contributed by atoms with Gasteiger partial charge < -0.3 is 10.8 Å². The van der Waals surface area contributed by atoms with Gasteiger partial charge in [-0.25, -0.2) is 0 Å². The van der Waals surface area contributed by atoms with E-state index < -0.39 is 0 Å². The summed E-state index contributed by atoms with van der Waals surface area (Å²) in [6, 6.07) is 0. The summed E-state index contributed by atoms with van der Waals surface area (Å²) in [5.41, 5.74) is 6.60. The molecule has 0 unspecified atom stereocenters. The third-order valence-electron chi connectivity index (χ3n) is 4.89. The van der Waals surface area contributed by atoms with Crippen LogP contribution in [0.3, 0.4) is 0 Å². The fraction of sp³-hybridized carbons (Fsp3) is 1.00. The fourth-order valence-corrected chi connectivity index (χ4v) is 3.62. The number of aliphatic hydroxyl groups excluding tert-OH is 1. The molecular formula is C11H21NO. The van der Waals surface area contributed by atoms with Gasteiger partial charge in [-0.3, -0.25) is 0 Å². The molecule has 2 nitrogen and oxygen atoms in total. The second-order valence-corrected chi connectivity index (χ2v) is 5.79. The minimum absolute atomic E-state index is 0.146. The van der Waals surface area contributed by atoms with Crippen LogP contribution in [0.4, 0.5) is 0 Å². The first kappa shape index (κ1) is 9.47. The maximum Gasteiger partial charge on any atom is 0.0476 e. The van der Waals surface area contributed by atoms with Crippen molar-refractivity contribution in [1.82, 2.24) is 0 Å². The molecule has 0 aliphatic heterocycles. The molecule has 3 aliphatic rings. The average molecular weight is 183 g/mol. The molecule has 2 heteroatoms. The number of hydrogen-bond donors (Lipinski definition) is 2. The van der Waals surface area contributed by atoms with Crippen molar-refractivity contribution in [2.24, 2.45) is 28.9 Å². The molecular weight excluding hydrogens is 162 g/mol. The molecule has 0 amide bonds. The number of fused-ring (bicyclic) bond motifs is 2. The topological polar surface area (TPSA) is 46.2 Å². The number of hydrogen-bond acceptors (Lipinski definition) is 2. The Hall–Kier alpha value is -0.0800. The van der Waals surface area contributed by atoms with E-state index in [1.54, 1.807) is 0 Å². The van der Waals surface area contributed by atoms with Crippen LogP contribution in [0.25, 0.3) is 0 Å². The van der Waals surface area contributed by atoms with E-state index in [1.165, 1.54) is 6.42 Å². The van der Waals surface area contributed by atoms with Crippen LogP contribution >= 0.6 is 0 Å². The zero-order chi connectivity index (χ0) is 9.85. The largest absolute Gasteiger partial charge is 0.396 e. The first-order valence-electron chi connectivity index (χ1n) is 5.30. The summed E-state index contributed by atoms with van der Waals surface area (Å²) in [7, 11) is 0. The maximum atomic E-state index is 9.26. The van der Waals surface area contributed by atoms with Crippen molar-refractivity contribution < 1.29 is 5.11 Å². The lowest BCUT2D eigenvalue weighted by atomic mass is 9.41. The SMILES string of the molecule is CC1(C)[C@@H]2C[C@@H](CO)[C@@](C)(N)[C@H]1C2. The number of aliphatic hydroxyl groups is 1. The molecule has 0 radical (unpaired) electrons. The van der Waals surface area contributed by atoms with E-state index in [0.29, 0.717) is 17.3 Å². The normalized spacial score (nSPS) is 52.8. The van der Waals surface area contributed by atoms with Gasteiger partial charge in [-0.2, -0.15) is 0 Å². The summed E-state index contributed by atoms with van der Waals surface area (Å²) in [4.78, 5) is 0. The monoisotopic (exact) mass is 183 g/mol. The molecule has 3 aliphatic carbocycles. The molecule has 0 saturated heterocycles. The van der Waals surface area contributed by atoms with Crippen LogP contribution in [0.2, 0.25) is 0 Å². The third-order valence-corrected chi connectivity index (χ3v) is 4.89. The van der Waals surface area contributed by atoms with Crippen LogP contribution in [0, 0.1) is 23.2 Å². The molecule has 3 N–H and O–H groups in total. The average Bonchev–Trinajstić information content (AvgIpc) is 2.01. The van der Waals surface area contributed by atoms with Gasteiger partial charge in [-0.15, -0.1) is 0 Å². The first-order valence-corrected chi connectivity index (χ1v) is 5.30. The van der Waals surface area contributed by atoms with Crippen LogP contribution in [0.5, 0.6) is 0 Å². The van der Waals surface area contributed by atoms with Crippen molar-refractivity contribution >= 4 is 0 Å². The fourth-order valence-electron chi connectivity index (χ4n) is 3.62. The molecule has 2 bridgehead atoms. The highest BCUT2D eigenvalue weighted by atomic mass is 16.3. The molecule has 0 aromatic rings. The summed E-state index contributed by atoms with van der Waals surface area (Å²) in [6.45, 7) is 7.03. The van der Waals surface area contributed by atoms with Crippen molar-refractivity contribution in [3.8, 4) is 0 Å². The lowest BCUT2D eigenvalue weighted by molar-refractivity contribution is -0.149.